The lowest BCUT2D eigenvalue weighted by molar-refractivity contribution is 0.366. The van der Waals surface area contributed by atoms with Crippen LogP contribution in [0.5, 0.6) is 0 Å². The molecular formula is C23H34N4. The summed E-state index contributed by atoms with van der Waals surface area (Å²) in [5, 5.41) is 7.05. The van der Waals surface area contributed by atoms with E-state index in [9.17, 15) is 0 Å². The van der Waals surface area contributed by atoms with Gasteiger partial charge in [-0.2, -0.15) is 0 Å². The van der Waals surface area contributed by atoms with Gasteiger partial charge in [0, 0.05) is 18.8 Å². The summed E-state index contributed by atoms with van der Waals surface area (Å²) in [6.45, 7) is 1.87. The Balaban J connectivity index is 1.46. The van der Waals surface area contributed by atoms with Gasteiger partial charge >= 0.3 is 0 Å². The number of allylic oxidation sites excluding steroid dienone is 4. The number of guanidine groups is 1. The SMILES string of the molecule is C1=CC=C2NC(=NCC3CCCCC3)NC(=NCC3CCCCC3)C2C=C1. The van der Waals surface area contributed by atoms with Crippen molar-refractivity contribution in [2.24, 2.45) is 27.7 Å². The number of hydrogen-bond acceptors (Lipinski definition) is 2. The van der Waals surface area contributed by atoms with Gasteiger partial charge in [0.05, 0.1) is 5.92 Å². The predicted molar refractivity (Wildman–Crippen MR) is 114 cm³/mol. The second-order valence-electron chi connectivity index (χ2n) is 8.54. The van der Waals surface area contributed by atoms with Crippen molar-refractivity contribution in [2.75, 3.05) is 13.1 Å². The maximum Gasteiger partial charge on any atom is 0.201 e. The third-order valence-electron chi connectivity index (χ3n) is 6.42. The molecule has 1 unspecified atom stereocenters. The van der Waals surface area contributed by atoms with E-state index in [1.807, 2.05) is 0 Å². The number of amidine groups is 1. The third-order valence-corrected chi connectivity index (χ3v) is 6.42. The largest absolute Gasteiger partial charge is 0.329 e. The normalized spacial score (nSPS) is 29.8. The summed E-state index contributed by atoms with van der Waals surface area (Å²) in [7, 11) is 0. The molecule has 3 aliphatic carbocycles. The van der Waals surface area contributed by atoms with Crippen LogP contribution in [0.25, 0.3) is 0 Å². The van der Waals surface area contributed by atoms with Gasteiger partial charge in [0.25, 0.3) is 0 Å². The molecule has 0 amide bonds. The molecule has 4 heteroatoms. The summed E-state index contributed by atoms with van der Waals surface area (Å²) in [5.74, 6) is 3.64. The van der Waals surface area contributed by atoms with Crippen molar-refractivity contribution in [1.82, 2.24) is 10.6 Å². The Morgan fingerprint density at radius 2 is 1.41 bits per heavy atom. The van der Waals surface area contributed by atoms with E-state index >= 15 is 0 Å². The van der Waals surface area contributed by atoms with Crippen molar-refractivity contribution in [3.63, 3.8) is 0 Å². The Kier molecular flexibility index (Phi) is 6.44. The van der Waals surface area contributed by atoms with Gasteiger partial charge in [-0.1, -0.05) is 62.8 Å². The number of rotatable bonds is 4. The van der Waals surface area contributed by atoms with Crippen molar-refractivity contribution in [2.45, 2.75) is 64.2 Å². The highest BCUT2D eigenvalue weighted by Gasteiger charge is 2.27. The Morgan fingerprint density at radius 1 is 0.741 bits per heavy atom. The minimum atomic E-state index is 0.192. The van der Waals surface area contributed by atoms with Crippen LogP contribution in [0.2, 0.25) is 0 Å². The standard InChI is InChI=1S/C23H34N4/c1-4-10-18(11-5-1)16-24-22-20-14-8-3-9-15-21(20)26-23(27-22)25-17-19-12-6-2-7-13-19/h3,8-9,14-15,18-20H,1-2,4-7,10-13,16-17H2,(H2,24,25,26,27). The van der Waals surface area contributed by atoms with Crippen molar-refractivity contribution < 1.29 is 0 Å². The van der Waals surface area contributed by atoms with E-state index in [1.165, 1.54) is 69.9 Å². The quantitative estimate of drug-likeness (QED) is 0.756. The van der Waals surface area contributed by atoms with Crippen molar-refractivity contribution in [1.29, 1.82) is 0 Å². The van der Waals surface area contributed by atoms with Crippen molar-refractivity contribution >= 4 is 11.8 Å². The maximum atomic E-state index is 5.04. The number of hydrogen-bond donors (Lipinski definition) is 2. The second kappa shape index (κ2) is 9.38. The van der Waals surface area contributed by atoms with Crippen LogP contribution < -0.4 is 10.6 Å². The average Bonchev–Trinajstić information content (AvgIpc) is 2.97. The van der Waals surface area contributed by atoms with Gasteiger partial charge in [0.1, 0.15) is 5.84 Å². The highest BCUT2D eigenvalue weighted by atomic mass is 15.2. The fourth-order valence-electron chi connectivity index (χ4n) is 4.74. The highest BCUT2D eigenvalue weighted by molar-refractivity contribution is 6.06. The van der Waals surface area contributed by atoms with Gasteiger partial charge < -0.3 is 10.6 Å². The lowest BCUT2D eigenvalue weighted by Gasteiger charge is -2.30. The first kappa shape index (κ1) is 18.5. The van der Waals surface area contributed by atoms with Crippen LogP contribution in [-0.2, 0) is 0 Å². The summed E-state index contributed by atoms with van der Waals surface area (Å²) in [5.41, 5.74) is 1.18. The van der Waals surface area contributed by atoms with Crippen LogP contribution in [0.4, 0.5) is 0 Å². The van der Waals surface area contributed by atoms with Gasteiger partial charge in [0.15, 0.2) is 0 Å². The van der Waals surface area contributed by atoms with E-state index in [0.29, 0.717) is 0 Å². The molecule has 4 aliphatic rings. The minimum absolute atomic E-state index is 0.192. The minimum Gasteiger partial charge on any atom is -0.329 e. The lowest BCUT2D eigenvalue weighted by Crippen LogP contribution is -2.51. The summed E-state index contributed by atoms with van der Waals surface area (Å²) in [4.78, 5) is 9.94. The zero-order chi connectivity index (χ0) is 18.3. The lowest BCUT2D eigenvalue weighted by atomic mass is 9.89. The topological polar surface area (TPSA) is 48.8 Å². The average molecular weight is 367 g/mol. The van der Waals surface area contributed by atoms with E-state index in [1.54, 1.807) is 0 Å². The molecule has 0 bridgehead atoms. The summed E-state index contributed by atoms with van der Waals surface area (Å²) in [6, 6.07) is 0. The van der Waals surface area contributed by atoms with Gasteiger partial charge in [-0.3, -0.25) is 9.98 Å². The van der Waals surface area contributed by atoms with Crippen LogP contribution in [0.1, 0.15) is 64.2 Å². The van der Waals surface area contributed by atoms with E-state index < -0.39 is 0 Å². The number of nitrogens with zero attached hydrogens (tertiary/aromatic N) is 2. The zero-order valence-corrected chi connectivity index (χ0v) is 16.5. The molecule has 2 N–H and O–H groups in total. The van der Waals surface area contributed by atoms with Gasteiger partial charge in [-0.05, 0) is 43.6 Å². The van der Waals surface area contributed by atoms with Gasteiger partial charge in [-0.15, -0.1) is 0 Å². The van der Waals surface area contributed by atoms with Crippen molar-refractivity contribution in [3.8, 4) is 0 Å². The molecule has 146 valence electrons. The highest BCUT2D eigenvalue weighted by Crippen LogP contribution is 2.26. The van der Waals surface area contributed by atoms with Crippen LogP contribution in [0.15, 0.2) is 46.1 Å². The fraction of sp³-hybridized carbons (Fsp3) is 0.652. The Labute approximate surface area is 164 Å². The van der Waals surface area contributed by atoms with E-state index in [-0.39, 0.29) is 5.92 Å². The molecule has 0 spiro atoms. The monoisotopic (exact) mass is 366 g/mol. The predicted octanol–water partition coefficient (Wildman–Crippen LogP) is 4.72. The maximum absolute atomic E-state index is 5.04. The second-order valence-corrected chi connectivity index (χ2v) is 8.54. The van der Waals surface area contributed by atoms with Gasteiger partial charge in [-0.25, -0.2) is 0 Å². The third kappa shape index (κ3) is 5.12. The summed E-state index contributed by atoms with van der Waals surface area (Å²) in [6.07, 6.45) is 24.3. The fourth-order valence-corrected chi connectivity index (χ4v) is 4.74. The van der Waals surface area contributed by atoms with Crippen LogP contribution in [-0.4, -0.2) is 24.9 Å². The molecule has 2 saturated carbocycles. The molecule has 0 aromatic rings. The van der Waals surface area contributed by atoms with Crippen molar-refractivity contribution in [3.05, 3.63) is 36.1 Å². The molecule has 1 atom stereocenters. The van der Waals surface area contributed by atoms with Gasteiger partial charge in [0.2, 0.25) is 5.96 Å². The molecular weight excluding hydrogens is 332 g/mol. The van der Waals surface area contributed by atoms with Crippen LogP contribution >= 0.6 is 0 Å². The Bertz CT molecular complexity index is 643. The smallest absolute Gasteiger partial charge is 0.201 e. The summed E-state index contributed by atoms with van der Waals surface area (Å²) >= 11 is 0. The molecule has 4 rings (SSSR count). The first-order valence-corrected chi connectivity index (χ1v) is 11.1. The van der Waals surface area contributed by atoms with Crippen LogP contribution in [0, 0.1) is 17.8 Å². The summed E-state index contributed by atoms with van der Waals surface area (Å²) < 4.78 is 0. The Morgan fingerprint density at radius 3 is 2.11 bits per heavy atom. The molecule has 1 aliphatic heterocycles. The zero-order valence-electron chi connectivity index (χ0n) is 16.5. The molecule has 3 fully saturated rings. The number of fused-ring (bicyclic) bond motifs is 1. The number of aliphatic imine (C=N–C) groups is 2. The Hall–Kier alpha value is -1.84. The first-order chi connectivity index (χ1) is 13.4. The molecule has 1 heterocycles. The molecule has 0 radical (unpaired) electrons. The molecule has 1 saturated heterocycles. The molecule has 0 aromatic carbocycles. The van der Waals surface area contributed by atoms with Crippen LogP contribution in [0.3, 0.4) is 0 Å². The molecule has 4 nitrogen and oxygen atoms in total. The van der Waals surface area contributed by atoms with E-state index in [0.717, 1.165) is 36.7 Å². The van der Waals surface area contributed by atoms with E-state index in [2.05, 4.69) is 41.0 Å². The molecule has 27 heavy (non-hydrogen) atoms. The molecule has 0 aromatic heterocycles. The first-order valence-electron chi connectivity index (χ1n) is 11.1. The van der Waals surface area contributed by atoms with E-state index in [4.69, 9.17) is 9.98 Å². The number of nitrogens with one attached hydrogen (secondary N) is 2.